The zero-order chi connectivity index (χ0) is 44.7. The summed E-state index contributed by atoms with van der Waals surface area (Å²) >= 11 is 0. The van der Waals surface area contributed by atoms with Crippen LogP contribution in [-0.4, -0.2) is 83.3 Å². The molecule has 0 radical (unpaired) electrons. The highest BCUT2D eigenvalue weighted by molar-refractivity contribution is 5.97. The number of nitrogens with one attached hydrogen (secondary N) is 6. The van der Waals surface area contributed by atoms with Gasteiger partial charge in [-0.3, -0.25) is 28.8 Å². The van der Waals surface area contributed by atoms with Gasteiger partial charge in [0.05, 0.1) is 0 Å². The molecule has 324 valence electrons. The van der Waals surface area contributed by atoms with Crippen molar-refractivity contribution in [3.8, 4) is 11.1 Å². The van der Waals surface area contributed by atoms with Crippen LogP contribution >= 0.6 is 0 Å². The van der Waals surface area contributed by atoms with Crippen molar-refractivity contribution in [2.24, 2.45) is 0 Å². The average Bonchev–Trinajstić information content (AvgIpc) is 3.29. The fraction of sp³-hybridized carbons (Fsp3) is 0.245. The van der Waals surface area contributed by atoms with Crippen molar-refractivity contribution >= 4 is 41.4 Å². The summed E-state index contributed by atoms with van der Waals surface area (Å²) in [5.41, 5.74) is 4.82. The van der Waals surface area contributed by atoms with Crippen molar-refractivity contribution in [2.75, 3.05) is 6.54 Å². The van der Waals surface area contributed by atoms with Crippen LogP contribution in [0.25, 0.3) is 11.1 Å². The molecular weight excluding hydrogens is 801 g/mol. The Balaban J connectivity index is 1.38. The predicted molar refractivity (Wildman–Crippen MR) is 236 cm³/mol. The molecule has 14 nitrogen and oxygen atoms in total. The van der Waals surface area contributed by atoms with Gasteiger partial charge in [0.15, 0.2) is 0 Å². The van der Waals surface area contributed by atoms with E-state index in [2.05, 4.69) is 31.9 Å². The third kappa shape index (κ3) is 13.2. The second-order valence-electron chi connectivity index (χ2n) is 15.4. The van der Waals surface area contributed by atoms with Crippen molar-refractivity contribution in [2.45, 2.75) is 69.2 Å². The SMILES string of the molecule is CC(=O)N[C@H]1CNC(=O)c2ccc(cc2)C[C@@H](C(=O)O)NC(=O)[C@@H](Cc2ccccc2)NC(=O)[C@H](Cc2ccc(-c3ccccc3)cc2)NC(=O)[C@@H](CCc2ccccc2)NC1=O. The Morgan fingerprint density at radius 1 is 0.556 bits per heavy atom. The number of carboxylic acids is 1. The van der Waals surface area contributed by atoms with Crippen LogP contribution in [0.2, 0.25) is 0 Å². The van der Waals surface area contributed by atoms with Gasteiger partial charge in [0.2, 0.25) is 29.5 Å². The number of carboxylic acid groups (broad SMARTS) is 1. The van der Waals surface area contributed by atoms with Crippen molar-refractivity contribution in [1.82, 2.24) is 31.9 Å². The number of carbonyl (C=O) groups is 7. The number of rotatable bonds is 10. The van der Waals surface area contributed by atoms with Crippen LogP contribution in [0.5, 0.6) is 0 Å². The van der Waals surface area contributed by atoms with Crippen LogP contribution in [0.1, 0.15) is 46.0 Å². The summed E-state index contributed by atoms with van der Waals surface area (Å²) in [7, 11) is 0. The highest BCUT2D eigenvalue weighted by Gasteiger charge is 2.33. The molecule has 0 saturated heterocycles. The summed E-state index contributed by atoms with van der Waals surface area (Å²) in [6.45, 7) is 0.886. The maximum Gasteiger partial charge on any atom is 0.326 e. The molecule has 6 amide bonds. The van der Waals surface area contributed by atoms with E-state index < -0.39 is 71.6 Å². The van der Waals surface area contributed by atoms with Crippen LogP contribution in [0.4, 0.5) is 0 Å². The molecule has 0 fully saturated rings. The van der Waals surface area contributed by atoms with E-state index in [0.29, 0.717) is 23.1 Å². The Morgan fingerprint density at radius 3 is 1.60 bits per heavy atom. The Bertz CT molecular complexity index is 2380. The number of carbonyl (C=O) groups excluding carboxylic acids is 6. The van der Waals surface area contributed by atoms with E-state index in [0.717, 1.165) is 16.7 Å². The number of aliphatic carboxylic acids is 1. The monoisotopic (exact) mass is 850 g/mol. The minimum absolute atomic E-state index is 0.0126. The van der Waals surface area contributed by atoms with Crippen LogP contribution in [0.3, 0.4) is 0 Å². The van der Waals surface area contributed by atoms with Gasteiger partial charge in [-0.05, 0) is 58.4 Å². The maximum absolute atomic E-state index is 14.6. The van der Waals surface area contributed by atoms with Crippen LogP contribution in [0.15, 0.2) is 140 Å². The molecule has 5 aromatic rings. The largest absolute Gasteiger partial charge is 0.480 e. The fourth-order valence-electron chi connectivity index (χ4n) is 7.26. The number of hydrogen-bond acceptors (Lipinski definition) is 7. The summed E-state index contributed by atoms with van der Waals surface area (Å²) in [4.78, 5) is 95.2. The Labute approximate surface area is 365 Å². The topological polar surface area (TPSA) is 212 Å². The van der Waals surface area contributed by atoms with Gasteiger partial charge >= 0.3 is 5.97 Å². The van der Waals surface area contributed by atoms with Gasteiger partial charge in [-0.25, -0.2) is 4.79 Å². The molecule has 63 heavy (non-hydrogen) atoms. The third-order valence-corrected chi connectivity index (χ3v) is 10.7. The normalized spacial score (nSPS) is 20.1. The fourth-order valence-corrected chi connectivity index (χ4v) is 7.26. The first-order valence-electron chi connectivity index (χ1n) is 20.7. The number of aryl methyl sites for hydroxylation is 1. The minimum Gasteiger partial charge on any atom is -0.480 e. The van der Waals surface area contributed by atoms with Gasteiger partial charge in [-0.1, -0.05) is 127 Å². The first kappa shape index (κ1) is 44.9. The lowest BCUT2D eigenvalue weighted by Crippen LogP contribution is -2.60. The van der Waals surface area contributed by atoms with Gasteiger partial charge in [0.1, 0.15) is 30.2 Å². The van der Waals surface area contributed by atoms with E-state index in [4.69, 9.17) is 0 Å². The zero-order valence-electron chi connectivity index (χ0n) is 34.7. The van der Waals surface area contributed by atoms with E-state index in [1.54, 1.807) is 42.5 Å². The summed E-state index contributed by atoms with van der Waals surface area (Å²) in [6.07, 6.45) is 0.240. The second-order valence-corrected chi connectivity index (χ2v) is 15.4. The number of amides is 6. The van der Waals surface area contributed by atoms with Crippen molar-refractivity contribution in [1.29, 1.82) is 0 Å². The van der Waals surface area contributed by atoms with E-state index in [9.17, 15) is 38.7 Å². The lowest BCUT2D eigenvalue weighted by Gasteiger charge is -2.27. The predicted octanol–water partition coefficient (Wildman–Crippen LogP) is 3.29. The van der Waals surface area contributed by atoms with Crippen molar-refractivity contribution in [3.05, 3.63) is 167 Å². The average molecular weight is 851 g/mol. The molecule has 2 aliphatic rings. The molecule has 0 spiro atoms. The molecule has 2 heterocycles. The molecule has 2 aliphatic heterocycles. The Morgan fingerprint density at radius 2 is 1.03 bits per heavy atom. The lowest BCUT2D eigenvalue weighted by molar-refractivity contribution is -0.142. The molecule has 14 heteroatoms. The van der Waals surface area contributed by atoms with Crippen LogP contribution < -0.4 is 31.9 Å². The molecule has 2 bridgehead atoms. The van der Waals surface area contributed by atoms with Gasteiger partial charge in [-0.2, -0.15) is 0 Å². The van der Waals surface area contributed by atoms with Crippen molar-refractivity contribution < 1.29 is 38.7 Å². The highest BCUT2D eigenvalue weighted by Crippen LogP contribution is 2.20. The number of fused-ring (bicyclic) bond motifs is 18. The van der Waals surface area contributed by atoms with Gasteiger partial charge in [0, 0.05) is 38.3 Å². The molecule has 0 saturated carbocycles. The van der Waals surface area contributed by atoms with Crippen molar-refractivity contribution in [3.63, 3.8) is 0 Å². The standard InChI is InChI=1S/C49H50N6O8/c1-31(56)51-43-30-50-44(57)38-24-19-35(20-25-38)29-42(49(62)63)55-47(60)40(27-33-13-7-3-8-14-33)54-46(59)41(28-34-17-22-37(23-18-34)36-15-9-4-10-16-36)53-45(58)39(52-48(43)61)26-21-32-11-5-2-6-12-32/h2-20,22-25,39-43H,21,26-30H2,1H3,(H,50,57)(H,51,56)(H,52,61)(H,53,58)(H,54,59)(H,55,60)(H,62,63)/t39-,40-,41+,42+,43+/m1/s1. The summed E-state index contributed by atoms with van der Waals surface area (Å²) < 4.78 is 0. The Hall–Kier alpha value is -7.61. The number of benzene rings is 5. The Kier molecular flexibility index (Phi) is 15.5. The van der Waals surface area contributed by atoms with Crippen LogP contribution in [-0.2, 0) is 54.5 Å². The first-order valence-corrected chi connectivity index (χ1v) is 20.7. The molecule has 7 rings (SSSR count). The molecule has 5 aromatic carbocycles. The zero-order valence-corrected chi connectivity index (χ0v) is 34.7. The third-order valence-electron chi connectivity index (χ3n) is 10.7. The molecule has 0 aromatic heterocycles. The molecule has 0 aliphatic carbocycles. The van der Waals surface area contributed by atoms with E-state index in [1.165, 1.54) is 19.1 Å². The molecule has 5 atom stereocenters. The lowest BCUT2D eigenvalue weighted by atomic mass is 9.98. The van der Waals surface area contributed by atoms with Gasteiger partial charge in [0.25, 0.3) is 5.91 Å². The maximum atomic E-state index is 14.6. The number of hydrogen-bond donors (Lipinski definition) is 7. The van der Waals surface area contributed by atoms with Gasteiger partial charge < -0.3 is 37.0 Å². The quantitative estimate of drug-likeness (QED) is 0.103. The summed E-state index contributed by atoms with van der Waals surface area (Å²) in [5.74, 6) is -5.42. The van der Waals surface area contributed by atoms with Crippen LogP contribution in [0, 0.1) is 0 Å². The second kappa shape index (κ2) is 21.8. The highest BCUT2D eigenvalue weighted by atomic mass is 16.4. The smallest absolute Gasteiger partial charge is 0.326 e. The van der Waals surface area contributed by atoms with E-state index >= 15 is 0 Å². The first-order chi connectivity index (χ1) is 30.4. The van der Waals surface area contributed by atoms with Gasteiger partial charge in [-0.15, -0.1) is 0 Å². The molecule has 7 N–H and O–H groups in total. The summed E-state index contributed by atoms with van der Waals surface area (Å²) in [5, 5.41) is 26.4. The molecule has 0 unspecified atom stereocenters. The van der Waals surface area contributed by atoms with E-state index in [1.807, 2.05) is 84.9 Å². The summed E-state index contributed by atoms with van der Waals surface area (Å²) in [6, 6.07) is 34.9. The minimum atomic E-state index is -1.42. The molecular formula is C49H50N6O8. The van der Waals surface area contributed by atoms with E-state index in [-0.39, 0.29) is 37.8 Å².